The van der Waals surface area contributed by atoms with Gasteiger partial charge in [-0.15, -0.1) is 0 Å². The van der Waals surface area contributed by atoms with E-state index in [1.807, 2.05) is 20.8 Å². The summed E-state index contributed by atoms with van der Waals surface area (Å²) in [5, 5.41) is 0. The minimum Gasteiger partial charge on any atom is -0.330 e. The molecule has 1 atom stereocenters. The Balaban J connectivity index is 4.35. The van der Waals surface area contributed by atoms with Crippen LogP contribution in [0.15, 0.2) is 0 Å². The molecule has 0 heterocycles. The molecule has 1 unspecified atom stereocenters. The van der Waals surface area contributed by atoms with Crippen molar-refractivity contribution in [2.75, 3.05) is 19.8 Å². The van der Waals surface area contributed by atoms with Crippen LogP contribution in [0.25, 0.3) is 0 Å². The maximum atomic E-state index is 5.96. The van der Waals surface area contributed by atoms with E-state index in [9.17, 15) is 0 Å². The van der Waals surface area contributed by atoms with E-state index >= 15 is 0 Å². The normalized spacial score (nSPS) is 13.4. The molecule has 0 saturated carbocycles. The van der Waals surface area contributed by atoms with Gasteiger partial charge in [-0.25, -0.2) is 9.78 Å². The summed E-state index contributed by atoms with van der Waals surface area (Å²) in [6.45, 7) is 9.69. The molecule has 0 aromatic rings. The molecule has 0 rings (SSSR count). The van der Waals surface area contributed by atoms with Crippen LogP contribution in [0.1, 0.15) is 85.5 Å². The summed E-state index contributed by atoms with van der Waals surface area (Å²) >= 11 is 0. The van der Waals surface area contributed by atoms with Crippen molar-refractivity contribution in [2.24, 2.45) is 11.7 Å². The zero-order chi connectivity index (χ0) is 17.4. The molecule has 0 aliphatic heterocycles. The Morgan fingerprint density at radius 1 is 0.783 bits per heavy atom. The largest absolute Gasteiger partial charge is 0.330 e. The standard InChI is InChI=1S/C18H39NO4/c1-5-8-9-10-11-12-13-17(16-19)18(4,22-20-14-6-2)23-21-15-7-3/h17H,5-16,19H2,1-4H3. The van der Waals surface area contributed by atoms with Crippen molar-refractivity contribution in [2.45, 2.75) is 91.3 Å². The van der Waals surface area contributed by atoms with E-state index < -0.39 is 5.79 Å². The molecular weight excluding hydrogens is 294 g/mol. The Kier molecular flexibility index (Phi) is 15.2. The first kappa shape index (κ1) is 22.8. The van der Waals surface area contributed by atoms with Gasteiger partial charge in [-0.3, -0.25) is 0 Å². The van der Waals surface area contributed by atoms with Crippen LogP contribution in [-0.4, -0.2) is 25.5 Å². The molecule has 0 aliphatic rings. The van der Waals surface area contributed by atoms with Crippen LogP contribution in [0.5, 0.6) is 0 Å². The minimum atomic E-state index is -0.956. The quantitative estimate of drug-likeness (QED) is 0.180. The Bertz CT molecular complexity index is 241. The van der Waals surface area contributed by atoms with Crippen molar-refractivity contribution in [3.8, 4) is 0 Å². The smallest absolute Gasteiger partial charge is 0.235 e. The molecule has 5 heteroatoms. The van der Waals surface area contributed by atoms with Crippen LogP contribution < -0.4 is 5.73 Å². The lowest BCUT2D eigenvalue weighted by Gasteiger charge is -2.33. The number of rotatable bonds is 17. The van der Waals surface area contributed by atoms with Crippen LogP contribution in [0, 0.1) is 5.92 Å². The number of hydrogen-bond donors (Lipinski definition) is 1. The van der Waals surface area contributed by atoms with Gasteiger partial charge < -0.3 is 5.73 Å². The topological polar surface area (TPSA) is 62.9 Å². The maximum absolute atomic E-state index is 5.96. The zero-order valence-electron chi connectivity index (χ0n) is 15.8. The molecular formula is C18H39NO4. The molecule has 0 radical (unpaired) electrons. The van der Waals surface area contributed by atoms with E-state index in [4.69, 9.17) is 25.3 Å². The summed E-state index contributed by atoms with van der Waals surface area (Å²) in [4.78, 5) is 21.6. The SMILES string of the molecule is CCCCCCCCC(CN)C(C)(OOCCC)OOCCC. The van der Waals surface area contributed by atoms with Crippen LogP contribution in [0.3, 0.4) is 0 Å². The molecule has 0 saturated heterocycles. The predicted molar refractivity (Wildman–Crippen MR) is 93.6 cm³/mol. The number of hydrogen-bond acceptors (Lipinski definition) is 5. The molecule has 5 nitrogen and oxygen atoms in total. The first-order valence-electron chi connectivity index (χ1n) is 9.45. The highest BCUT2D eigenvalue weighted by atomic mass is 17.3. The molecule has 0 spiro atoms. The highest BCUT2D eigenvalue weighted by Crippen LogP contribution is 2.29. The lowest BCUT2D eigenvalue weighted by atomic mass is 9.93. The Morgan fingerprint density at radius 3 is 1.78 bits per heavy atom. The van der Waals surface area contributed by atoms with E-state index in [0.717, 1.165) is 25.7 Å². The predicted octanol–water partition coefficient (Wildman–Crippen LogP) is 4.74. The van der Waals surface area contributed by atoms with Crippen molar-refractivity contribution >= 4 is 0 Å². The average molecular weight is 334 g/mol. The van der Waals surface area contributed by atoms with E-state index in [2.05, 4.69) is 6.92 Å². The Hall–Kier alpha value is -0.200. The third-order valence-electron chi connectivity index (χ3n) is 3.96. The fourth-order valence-corrected chi connectivity index (χ4v) is 2.40. The molecule has 0 aliphatic carbocycles. The highest BCUT2D eigenvalue weighted by molar-refractivity contribution is 4.74. The third kappa shape index (κ3) is 11.1. The third-order valence-corrected chi connectivity index (χ3v) is 3.96. The number of nitrogens with two attached hydrogens (primary N) is 1. The second kappa shape index (κ2) is 15.3. The zero-order valence-corrected chi connectivity index (χ0v) is 15.8. The van der Waals surface area contributed by atoms with E-state index in [1.54, 1.807) is 0 Å². The lowest BCUT2D eigenvalue weighted by Crippen LogP contribution is -2.44. The molecule has 0 fully saturated rings. The van der Waals surface area contributed by atoms with Gasteiger partial charge >= 0.3 is 0 Å². The van der Waals surface area contributed by atoms with Gasteiger partial charge in [0, 0.05) is 12.5 Å². The lowest BCUT2D eigenvalue weighted by molar-refractivity contribution is -0.518. The van der Waals surface area contributed by atoms with Crippen molar-refractivity contribution in [3.63, 3.8) is 0 Å². The van der Waals surface area contributed by atoms with Gasteiger partial charge in [-0.05, 0) is 26.2 Å². The average Bonchev–Trinajstić information content (AvgIpc) is 2.54. The van der Waals surface area contributed by atoms with Gasteiger partial charge in [0.1, 0.15) is 0 Å². The monoisotopic (exact) mass is 333 g/mol. The molecule has 23 heavy (non-hydrogen) atoms. The summed E-state index contributed by atoms with van der Waals surface area (Å²) in [7, 11) is 0. The first-order chi connectivity index (χ1) is 11.1. The van der Waals surface area contributed by atoms with Crippen LogP contribution in [-0.2, 0) is 19.6 Å². The summed E-state index contributed by atoms with van der Waals surface area (Å²) in [5.41, 5.74) is 5.96. The molecule has 0 aromatic heterocycles. The van der Waals surface area contributed by atoms with Gasteiger partial charge in [0.15, 0.2) is 0 Å². The van der Waals surface area contributed by atoms with Crippen molar-refractivity contribution in [1.82, 2.24) is 0 Å². The number of unbranched alkanes of at least 4 members (excludes halogenated alkanes) is 5. The van der Waals surface area contributed by atoms with Gasteiger partial charge in [0.25, 0.3) is 0 Å². The fraction of sp³-hybridized carbons (Fsp3) is 1.00. The second-order valence-corrected chi connectivity index (χ2v) is 6.32. The van der Waals surface area contributed by atoms with Crippen molar-refractivity contribution in [3.05, 3.63) is 0 Å². The summed E-state index contributed by atoms with van der Waals surface area (Å²) in [6.07, 6.45) is 10.2. The van der Waals surface area contributed by atoms with Gasteiger partial charge in [-0.2, -0.15) is 9.78 Å². The fourth-order valence-electron chi connectivity index (χ4n) is 2.40. The van der Waals surface area contributed by atoms with Gasteiger partial charge in [0.2, 0.25) is 5.79 Å². The second-order valence-electron chi connectivity index (χ2n) is 6.32. The molecule has 2 N–H and O–H groups in total. The van der Waals surface area contributed by atoms with E-state index in [-0.39, 0.29) is 5.92 Å². The molecule has 0 aromatic carbocycles. The van der Waals surface area contributed by atoms with Crippen molar-refractivity contribution in [1.29, 1.82) is 0 Å². The Labute approximate surface area is 143 Å². The first-order valence-corrected chi connectivity index (χ1v) is 9.45. The molecule has 0 amide bonds. The van der Waals surface area contributed by atoms with Crippen LogP contribution in [0.2, 0.25) is 0 Å². The van der Waals surface area contributed by atoms with Crippen LogP contribution in [0.4, 0.5) is 0 Å². The van der Waals surface area contributed by atoms with E-state index in [1.165, 1.54) is 32.1 Å². The highest BCUT2D eigenvalue weighted by Gasteiger charge is 2.38. The van der Waals surface area contributed by atoms with Crippen molar-refractivity contribution < 1.29 is 19.6 Å². The molecule has 0 bridgehead atoms. The minimum absolute atomic E-state index is 0.0439. The van der Waals surface area contributed by atoms with Gasteiger partial charge in [0.05, 0.1) is 13.2 Å². The van der Waals surface area contributed by atoms with E-state index in [0.29, 0.717) is 19.8 Å². The van der Waals surface area contributed by atoms with Gasteiger partial charge in [-0.1, -0.05) is 59.3 Å². The summed E-state index contributed by atoms with van der Waals surface area (Å²) in [6, 6.07) is 0. The summed E-state index contributed by atoms with van der Waals surface area (Å²) in [5.74, 6) is -0.912. The molecule has 140 valence electrons. The van der Waals surface area contributed by atoms with Crippen LogP contribution >= 0.6 is 0 Å². The maximum Gasteiger partial charge on any atom is 0.235 e. The summed E-state index contributed by atoms with van der Waals surface area (Å²) < 4.78 is 0. The Morgan fingerprint density at radius 2 is 1.30 bits per heavy atom.